The van der Waals surface area contributed by atoms with Crippen molar-refractivity contribution in [2.24, 2.45) is 7.05 Å². The zero-order chi connectivity index (χ0) is 14.0. The number of nitro groups is 1. The number of morpholine rings is 1. The molecule has 1 aliphatic rings. The second kappa shape index (κ2) is 5.54. The first-order valence-electron chi connectivity index (χ1n) is 6.25. The second-order valence-electron chi connectivity index (χ2n) is 4.46. The van der Waals surface area contributed by atoms with Gasteiger partial charge in [-0.1, -0.05) is 6.92 Å². The molecule has 0 spiro atoms. The van der Waals surface area contributed by atoms with Gasteiger partial charge in [0.05, 0.1) is 30.8 Å². The van der Waals surface area contributed by atoms with Crippen molar-refractivity contribution < 1.29 is 14.8 Å². The third-order valence-electron chi connectivity index (χ3n) is 3.29. The standard InChI is InChI=1S/C11H18N4O4/c1-3-9-10(15(17)18)11(13(2)12-9)14-4-5-19-7-8(14)6-16/h8,16H,3-7H2,1-2H3. The highest BCUT2D eigenvalue weighted by atomic mass is 16.6. The van der Waals surface area contributed by atoms with Gasteiger partial charge in [-0.25, -0.2) is 4.68 Å². The molecule has 2 rings (SSSR count). The third-order valence-corrected chi connectivity index (χ3v) is 3.29. The second-order valence-corrected chi connectivity index (χ2v) is 4.46. The molecule has 1 aromatic heterocycles. The predicted molar refractivity (Wildman–Crippen MR) is 68.3 cm³/mol. The monoisotopic (exact) mass is 270 g/mol. The molecule has 0 aliphatic carbocycles. The van der Waals surface area contributed by atoms with E-state index in [9.17, 15) is 15.2 Å². The van der Waals surface area contributed by atoms with Gasteiger partial charge in [0.1, 0.15) is 5.69 Å². The van der Waals surface area contributed by atoms with E-state index in [4.69, 9.17) is 4.74 Å². The van der Waals surface area contributed by atoms with Crippen LogP contribution in [0.5, 0.6) is 0 Å². The molecule has 2 heterocycles. The molecule has 8 nitrogen and oxygen atoms in total. The van der Waals surface area contributed by atoms with E-state index in [1.54, 1.807) is 7.05 Å². The van der Waals surface area contributed by atoms with Crippen LogP contribution in [0, 0.1) is 10.1 Å². The molecule has 1 saturated heterocycles. The number of aromatic nitrogens is 2. The minimum absolute atomic E-state index is 0.0327. The lowest BCUT2D eigenvalue weighted by Gasteiger charge is -2.35. The molecule has 1 fully saturated rings. The first-order chi connectivity index (χ1) is 9.10. The van der Waals surface area contributed by atoms with E-state index in [1.807, 2.05) is 11.8 Å². The molecule has 106 valence electrons. The molecule has 0 bridgehead atoms. The van der Waals surface area contributed by atoms with Crippen molar-refractivity contribution in [2.75, 3.05) is 31.3 Å². The SMILES string of the molecule is CCc1nn(C)c(N2CCOCC2CO)c1[N+](=O)[O-]. The Morgan fingerprint density at radius 3 is 2.95 bits per heavy atom. The Labute approximate surface area is 110 Å². The fourth-order valence-corrected chi connectivity index (χ4v) is 2.39. The van der Waals surface area contributed by atoms with E-state index in [-0.39, 0.29) is 18.3 Å². The molecule has 0 aromatic carbocycles. The topological polar surface area (TPSA) is 93.7 Å². The molecule has 0 amide bonds. The minimum Gasteiger partial charge on any atom is -0.394 e. The van der Waals surface area contributed by atoms with Gasteiger partial charge in [0.2, 0.25) is 5.82 Å². The predicted octanol–water partition coefficient (Wildman–Crippen LogP) is 0.0882. The van der Waals surface area contributed by atoms with Gasteiger partial charge in [-0.15, -0.1) is 0 Å². The molecule has 0 saturated carbocycles. The summed E-state index contributed by atoms with van der Waals surface area (Å²) in [5.74, 6) is 0.448. The van der Waals surface area contributed by atoms with E-state index < -0.39 is 4.92 Å². The number of nitrogens with zero attached hydrogens (tertiary/aromatic N) is 4. The largest absolute Gasteiger partial charge is 0.394 e. The summed E-state index contributed by atoms with van der Waals surface area (Å²) in [6, 6.07) is -0.271. The number of aliphatic hydroxyl groups excluding tert-OH is 1. The van der Waals surface area contributed by atoms with E-state index in [0.29, 0.717) is 37.7 Å². The molecular weight excluding hydrogens is 252 g/mol. The third kappa shape index (κ3) is 2.41. The molecule has 1 aliphatic heterocycles. The van der Waals surface area contributed by atoms with Crippen LogP contribution in [0.15, 0.2) is 0 Å². The highest BCUT2D eigenvalue weighted by Crippen LogP contribution is 2.33. The maximum Gasteiger partial charge on any atom is 0.334 e. The highest BCUT2D eigenvalue weighted by molar-refractivity contribution is 5.62. The van der Waals surface area contributed by atoms with Crippen molar-refractivity contribution in [3.05, 3.63) is 15.8 Å². The van der Waals surface area contributed by atoms with Gasteiger partial charge in [0.15, 0.2) is 0 Å². The summed E-state index contributed by atoms with van der Waals surface area (Å²) in [5, 5.41) is 24.9. The number of aryl methyl sites for hydroxylation is 2. The van der Waals surface area contributed by atoms with Crippen LogP contribution >= 0.6 is 0 Å². The Balaban J connectivity index is 2.47. The maximum atomic E-state index is 11.3. The van der Waals surface area contributed by atoms with Gasteiger partial charge in [-0.3, -0.25) is 10.1 Å². The summed E-state index contributed by atoms with van der Waals surface area (Å²) in [4.78, 5) is 12.7. The van der Waals surface area contributed by atoms with Crippen LogP contribution in [0.2, 0.25) is 0 Å². The molecule has 1 N–H and O–H groups in total. The number of aliphatic hydroxyl groups is 1. The lowest BCUT2D eigenvalue weighted by Crippen LogP contribution is -2.48. The fourth-order valence-electron chi connectivity index (χ4n) is 2.39. The van der Waals surface area contributed by atoms with E-state index in [1.165, 1.54) is 4.68 Å². The minimum atomic E-state index is -0.398. The molecule has 0 radical (unpaired) electrons. The van der Waals surface area contributed by atoms with Crippen LogP contribution in [0.4, 0.5) is 11.5 Å². The number of anilines is 1. The van der Waals surface area contributed by atoms with Crippen LogP contribution in [-0.2, 0) is 18.2 Å². The smallest absolute Gasteiger partial charge is 0.334 e. The molecular formula is C11H18N4O4. The van der Waals surface area contributed by atoms with Gasteiger partial charge < -0.3 is 14.7 Å². The van der Waals surface area contributed by atoms with Crippen molar-refractivity contribution in [3.8, 4) is 0 Å². The summed E-state index contributed by atoms with van der Waals surface area (Å²) >= 11 is 0. The van der Waals surface area contributed by atoms with Crippen molar-refractivity contribution in [1.29, 1.82) is 0 Å². The average Bonchev–Trinajstić information content (AvgIpc) is 2.75. The Bertz CT molecular complexity index is 474. The Kier molecular flexibility index (Phi) is 4.01. The molecule has 19 heavy (non-hydrogen) atoms. The summed E-state index contributed by atoms with van der Waals surface area (Å²) in [5.41, 5.74) is 0.496. The van der Waals surface area contributed by atoms with Crippen LogP contribution in [0.1, 0.15) is 12.6 Å². The summed E-state index contributed by atoms with van der Waals surface area (Å²) in [6.45, 7) is 3.08. The van der Waals surface area contributed by atoms with Crippen molar-refractivity contribution in [3.63, 3.8) is 0 Å². The normalized spacial score (nSPS) is 19.7. The van der Waals surface area contributed by atoms with Gasteiger partial charge in [0.25, 0.3) is 0 Å². The van der Waals surface area contributed by atoms with Gasteiger partial charge in [0, 0.05) is 13.6 Å². The molecule has 1 unspecified atom stereocenters. The fraction of sp³-hybridized carbons (Fsp3) is 0.727. The summed E-state index contributed by atoms with van der Waals surface area (Å²) in [7, 11) is 1.69. The van der Waals surface area contributed by atoms with Crippen LogP contribution in [-0.4, -0.2) is 52.2 Å². The van der Waals surface area contributed by atoms with Crippen LogP contribution in [0.25, 0.3) is 0 Å². The molecule has 1 aromatic rings. The van der Waals surface area contributed by atoms with Crippen LogP contribution in [0.3, 0.4) is 0 Å². The number of hydrogen-bond donors (Lipinski definition) is 1. The van der Waals surface area contributed by atoms with E-state index >= 15 is 0 Å². The lowest BCUT2D eigenvalue weighted by atomic mass is 10.2. The van der Waals surface area contributed by atoms with Crippen molar-refractivity contribution >= 4 is 11.5 Å². The number of ether oxygens (including phenoxy) is 1. The molecule has 8 heteroatoms. The number of hydrogen-bond acceptors (Lipinski definition) is 6. The first-order valence-corrected chi connectivity index (χ1v) is 6.25. The van der Waals surface area contributed by atoms with E-state index in [0.717, 1.165) is 0 Å². The average molecular weight is 270 g/mol. The highest BCUT2D eigenvalue weighted by Gasteiger charge is 2.34. The van der Waals surface area contributed by atoms with Crippen molar-refractivity contribution in [1.82, 2.24) is 9.78 Å². The Morgan fingerprint density at radius 2 is 2.37 bits per heavy atom. The van der Waals surface area contributed by atoms with Gasteiger partial charge >= 0.3 is 5.69 Å². The first kappa shape index (κ1) is 13.8. The van der Waals surface area contributed by atoms with Gasteiger partial charge in [-0.05, 0) is 6.42 Å². The zero-order valence-electron chi connectivity index (χ0n) is 11.1. The Morgan fingerprint density at radius 1 is 1.63 bits per heavy atom. The summed E-state index contributed by atoms with van der Waals surface area (Å²) < 4.78 is 6.82. The number of rotatable bonds is 4. The molecule has 1 atom stereocenters. The lowest BCUT2D eigenvalue weighted by molar-refractivity contribution is -0.384. The Hall–Kier alpha value is -1.67. The maximum absolute atomic E-state index is 11.3. The van der Waals surface area contributed by atoms with Crippen LogP contribution < -0.4 is 4.90 Å². The zero-order valence-corrected chi connectivity index (χ0v) is 11.1. The summed E-state index contributed by atoms with van der Waals surface area (Å²) in [6.07, 6.45) is 0.498. The van der Waals surface area contributed by atoms with E-state index in [2.05, 4.69) is 5.10 Å². The quantitative estimate of drug-likeness (QED) is 0.615. The van der Waals surface area contributed by atoms with Gasteiger partial charge in [-0.2, -0.15) is 5.10 Å². The van der Waals surface area contributed by atoms with Crippen molar-refractivity contribution in [2.45, 2.75) is 19.4 Å².